The summed E-state index contributed by atoms with van der Waals surface area (Å²) in [5, 5.41) is 15.9. The molecule has 23 heavy (non-hydrogen) atoms. The zero-order valence-corrected chi connectivity index (χ0v) is 13.1. The van der Waals surface area contributed by atoms with Crippen molar-refractivity contribution in [2.45, 2.75) is 44.6 Å². The Morgan fingerprint density at radius 1 is 1.22 bits per heavy atom. The number of hydrogen-bond acceptors (Lipinski definition) is 3. The molecule has 0 bridgehead atoms. The van der Waals surface area contributed by atoms with Crippen molar-refractivity contribution in [2.75, 3.05) is 0 Å². The molecule has 0 unspecified atom stereocenters. The third-order valence-electron chi connectivity index (χ3n) is 4.16. The van der Waals surface area contributed by atoms with E-state index in [-0.39, 0.29) is 0 Å². The summed E-state index contributed by atoms with van der Waals surface area (Å²) >= 11 is 0. The van der Waals surface area contributed by atoms with E-state index in [1.807, 2.05) is 30.5 Å². The van der Waals surface area contributed by atoms with Crippen LogP contribution in [0.2, 0.25) is 0 Å². The summed E-state index contributed by atoms with van der Waals surface area (Å²) in [4.78, 5) is 9.06. The van der Waals surface area contributed by atoms with Gasteiger partial charge in [0.25, 0.3) is 0 Å². The molecular formula is C18H21N5. The van der Waals surface area contributed by atoms with Gasteiger partial charge in [-0.1, -0.05) is 31.7 Å². The number of pyridine rings is 1. The fourth-order valence-electron chi connectivity index (χ4n) is 2.96. The first kappa shape index (κ1) is 15.3. The first-order valence-electron chi connectivity index (χ1n) is 8.20. The fraction of sp³-hybridized carbons (Fsp3) is 0.389. The van der Waals surface area contributed by atoms with Gasteiger partial charge >= 0.3 is 0 Å². The van der Waals surface area contributed by atoms with Crippen molar-refractivity contribution in [3.63, 3.8) is 0 Å². The number of aliphatic imine (C=N–C) groups is 1. The summed E-state index contributed by atoms with van der Waals surface area (Å²) in [6, 6.07) is 8.16. The molecule has 0 saturated heterocycles. The first-order valence-corrected chi connectivity index (χ1v) is 8.20. The van der Waals surface area contributed by atoms with Crippen LogP contribution in [0.15, 0.2) is 47.4 Å². The van der Waals surface area contributed by atoms with E-state index in [2.05, 4.69) is 21.7 Å². The molecule has 3 rings (SSSR count). The van der Waals surface area contributed by atoms with Crippen LogP contribution >= 0.6 is 0 Å². The average Bonchev–Trinajstić information content (AvgIpc) is 2.86. The SMILES string of the molecule is N#C/C(=C1/C=CNC(=NC2CCCCCC2)N1)c1ccccn1. The van der Waals surface area contributed by atoms with E-state index in [4.69, 9.17) is 4.99 Å². The summed E-state index contributed by atoms with van der Waals surface area (Å²) in [6.07, 6.45) is 12.8. The molecule has 2 aliphatic rings. The van der Waals surface area contributed by atoms with Crippen molar-refractivity contribution in [1.29, 1.82) is 5.26 Å². The van der Waals surface area contributed by atoms with E-state index < -0.39 is 0 Å². The number of rotatable bonds is 2. The van der Waals surface area contributed by atoms with Gasteiger partial charge in [-0.25, -0.2) is 4.99 Å². The molecule has 2 N–H and O–H groups in total. The first-order chi connectivity index (χ1) is 11.4. The maximum absolute atomic E-state index is 9.49. The Morgan fingerprint density at radius 2 is 2.04 bits per heavy atom. The van der Waals surface area contributed by atoms with Gasteiger partial charge < -0.3 is 10.6 Å². The normalized spacial score (nSPS) is 22.7. The van der Waals surface area contributed by atoms with Gasteiger partial charge in [0.05, 0.1) is 17.4 Å². The van der Waals surface area contributed by atoms with Gasteiger partial charge in [0.15, 0.2) is 5.96 Å². The smallest absolute Gasteiger partial charge is 0.200 e. The lowest BCUT2D eigenvalue weighted by atomic mass is 10.1. The third-order valence-corrected chi connectivity index (χ3v) is 4.16. The molecule has 0 radical (unpaired) electrons. The molecule has 5 heteroatoms. The molecule has 5 nitrogen and oxygen atoms in total. The molecule has 118 valence electrons. The van der Waals surface area contributed by atoms with E-state index in [0.717, 1.165) is 24.5 Å². The van der Waals surface area contributed by atoms with Crippen molar-refractivity contribution in [2.24, 2.45) is 4.99 Å². The minimum atomic E-state index is 0.362. The summed E-state index contributed by atoms with van der Waals surface area (Å²) in [5.41, 5.74) is 1.92. The Kier molecular flexibility index (Phi) is 5.05. The van der Waals surface area contributed by atoms with E-state index in [1.54, 1.807) is 6.20 Å². The van der Waals surface area contributed by atoms with Crippen molar-refractivity contribution in [1.82, 2.24) is 15.6 Å². The van der Waals surface area contributed by atoms with Crippen molar-refractivity contribution < 1.29 is 0 Å². The number of allylic oxidation sites excluding steroid dienone is 2. The fourth-order valence-corrected chi connectivity index (χ4v) is 2.96. The van der Waals surface area contributed by atoms with Crippen LogP contribution in [-0.4, -0.2) is 17.0 Å². The molecule has 1 fully saturated rings. The maximum atomic E-state index is 9.49. The highest BCUT2D eigenvalue weighted by atomic mass is 15.2. The summed E-state index contributed by atoms with van der Waals surface area (Å²) in [6.45, 7) is 0. The van der Waals surface area contributed by atoms with Gasteiger partial charge in [-0.15, -0.1) is 0 Å². The number of nitrogens with one attached hydrogen (secondary N) is 2. The second-order valence-corrected chi connectivity index (χ2v) is 5.84. The molecule has 1 saturated carbocycles. The Bertz CT molecular complexity index is 658. The van der Waals surface area contributed by atoms with Gasteiger partial charge in [-0.3, -0.25) is 4.98 Å². The highest BCUT2D eigenvalue weighted by Gasteiger charge is 2.16. The number of hydrogen-bond donors (Lipinski definition) is 2. The van der Waals surface area contributed by atoms with Crippen LogP contribution < -0.4 is 10.6 Å². The highest BCUT2D eigenvalue weighted by molar-refractivity contribution is 5.89. The molecular weight excluding hydrogens is 286 g/mol. The van der Waals surface area contributed by atoms with Crippen molar-refractivity contribution >= 4 is 11.5 Å². The minimum Gasteiger partial charge on any atom is -0.333 e. The van der Waals surface area contributed by atoms with Crippen LogP contribution in [-0.2, 0) is 0 Å². The quantitative estimate of drug-likeness (QED) is 0.650. The molecule has 0 aromatic carbocycles. The Labute approximate surface area is 136 Å². The van der Waals surface area contributed by atoms with Crippen molar-refractivity contribution in [3.8, 4) is 6.07 Å². The molecule has 0 amide bonds. The Morgan fingerprint density at radius 3 is 2.74 bits per heavy atom. The lowest BCUT2D eigenvalue weighted by Gasteiger charge is -2.19. The van der Waals surface area contributed by atoms with E-state index in [1.165, 1.54) is 25.7 Å². The molecule has 1 aromatic rings. The monoisotopic (exact) mass is 307 g/mol. The van der Waals surface area contributed by atoms with Crippen LogP contribution in [0.5, 0.6) is 0 Å². The number of guanidine groups is 1. The van der Waals surface area contributed by atoms with E-state index in [9.17, 15) is 5.26 Å². The number of nitriles is 1. The van der Waals surface area contributed by atoms with E-state index in [0.29, 0.717) is 17.3 Å². The summed E-state index contributed by atoms with van der Waals surface area (Å²) in [5.74, 6) is 0.720. The molecule has 0 atom stereocenters. The molecule has 0 spiro atoms. The zero-order chi connectivity index (χ0) is 15.9. The van der Waals surface area contributed by atoms with Gasteiger partial charge in [0.1, 0.15) is 11.6 Å². The molecule has 1 aromatic heterocycles. The predicted octanol–water partition coefficient (Wildman–Crippen LogP) is 3.10. The lowest BCUT2D eigenvalue weighted by Crippen LogP contribution is -2.38. The average molecular weight is 307 g/mol. The summed E-state index contributed by atoms with van der Waals surface area (Å²) in [7, 11) is 0. The van der Waals surface area contributed by atoms with Gasteiger partial charge in [-0.2, -0.15) is 5.26 Å². The van der Waals surface area contributed by atoms with Crippen LogP contribution in [0, 0.1) is 11.3 Å². The van der Waals surface area contributed by atoms with Gasteiger partial charge in [-0.05, 0) is 31.1 Å². The van der Waals surface area contributed by atoms with Crippen molar-refractivity contribution in [3.05, 3.63) is 48.1 Å². The minimum absolute atomic E-state index is 0.362. The second-order valence-electron chi connectivity index (χ2n) is 5.84. The van der Waals surface area contributed by atoms with Gasteiger partial charge in [0, 0.05) is 12.4 Å². The Hall–Kier alpha value is -2.61. The van der Waals surface area contributed by atoms with E-state index >= 15 is 0 Å². The summed E-state index contributed by atoms with van der Waals surface area (Å²) < 4.78 is 0. The number of nitrogens with zero attached hydrogens (tertiary/aromatic N) is 3. The highest BCUT2D eigenvalue weighted by Crippen LogP contribution is 2.20. The molecule has 1 aliphatic heterocycles. The standard InChI is InChI=1S/C18H21N5/c19-13-15(16-9-5-6-11-20-16)17-10-12-21-18(23-17)22-14-7-3-1-2-4-8-14/h5-6,9-12,14H,1-4,7-8H2,(H2,21,22,23)/b17-15+. The lowest BCUT2D eigenvalue weighted by molar-refractivity contribution is 0.581. The molecule has 1 aliphatic carbocycles. The topological polar surface area (TPSA) is 73.1 Å². The number of aromatic nitrogens is 1. The molecule has 2 heterocycles. The second kappa shape index (κ2) is 7.59. The van der Waals surface area contributed by atoms with Crippen LogP contribution in [0.4, 0.5) is 0 Å². The van der Waals surface area contributed by atoms with Gasteiger partial charge in [0.2, 0.25) is 0 Å². The van der Waals surface area contributed by atoms with Crippen LogP contribution in [0.1, 0.15) is 44.2 Å². The largest absolute Gasteiger partial charge is 0.333 e. The predicted molar refractivity (Wildman–Crippen MR) is 91.1 cm³/mol. The maximum Gasteiger partial charge on any atom is 0.200 e. The van der Waals surface area contributed by atoms with Crippen LogP contribution in [0.3, 0.4) is 0 Å². The Balaban J connectivity index is 1.82. The van der Waals surface area contributed by atoms with Crippen LogP contribution in [0.25, 0.3) is 5.57 Å². The third kappa shape index (κ3) is 3.98. The zero-order valence-electron chi connectivity index (χ0n) is 13.1.